The van der Waals surface area contributed by atoms with Gasteiger partial charge in [-0.1, -0.05) is 39.0 Å². The number of ether oxygens (including phenoxy) is 1. The molecule has 0 radical (unpaired) electrons. The fourth-order valence-electron chi connectivity index (χ4n) is 2.58. The van der Waals surface area contributed by atoms with Gasteiger partial charge in [-0.15, -0.1) is 0 Å². The third-order valence-corrected chi connectivity index (χ3v) is 3.97. The Morgan fingerprint density at radius 2 is 2.11 bits per heavy atom. The largest absolute Gasteiger partial charge is 0.379 e. The second kappa shape index (κ2) is 6.06. The number of hydrogen-bond acceptors (Lipinski definition) is 2. The highest BCUT2D eigenvalue weighted by Gasteiger charge is 2.16. The minimum Gasteiger partial charge on any atom is -0.379 e. The molecule has 1 aliphatic heterocycles. The fraction of sp³-hybridized carbons (Fsp3) is 0.647. The van der Waals surface area contributed by atoms with Crippen molar-refractivity contribution in [3.8, 4) is 0 Å². The number of hydrogen-bond donors (Lipinski definition) is 1. The average Bonchev–Trinajstić information content (AvgIpc) is 2.37. The van der Waals surface area contributed by atoms with Gasteiger partial charge in [-0.05, 0) is 41.9 Å². The molecule has 0 spiro atoms. The third-order valence-electron chi connectivity index (χ3n) is 3.97. The molecule has 1 aromatic carbocycles. The zero-order valence-corrected chi connectivity index (χ0v) is 12.8. The van der Waals surface area contributed by atoms with Crippen LogP contribution in [0.1, 0.15) is 43.9 Å². The van der Waals surface area contributed by atoms with Crippen LogP contribution in [0.25, 0.3) is 0 Å². The minimum atomic E-state index is 0.238. The van der Waals surface area contributed by atoms with Crippen molar-refractivity contribution in [3.63, 3.8) is 0 Å². The summed E-state index contributed by atoms with van der Waals surface area (Å²) in [4.78, 5) is 0. The van der Waals surface area contributed by atoms with Crippen molar-refractivity contribution in [3.05, 3.63) is 34.9 Å². The Morgan fingerprint density at radius 3 is 2.68 bits per heavy atom. The van der Waals surface area contributed by atoms with E-state index < -0.39 is 0 Å². The summed E-state index contributed by atoms with van der Waals surface area (Å²) in [6.07, 6.45) is 2.30. The minimum absolute atomic E-state index is 0.238. The molecule has 1 saturated heterocycles. The van der Waals surface area contributed by atoms with E-state index in [1.807, 2.05) is 0 Å². The van der Waals surface area contributed by atoms with E-state index in [1.165, 1.54) is 16.7 Å². The molecule has 0 aliphatic carbocycles. The van der Waals surface area contributed by atoms with Crippen molar-refractivity contribution in [1.82, 2.24) is 5.32 Å². The van der Waals surface area contributed by atoms with Gasteiger partial charge in [-0.25, -0.2) is 0 Å². The maximum Gasteiger partial charge on any atom is 0.0620 e. The molecule has 0 saturated carbocycles. The molecule has 1 N–H and O–H groups in total. The van der Waals surface area contributed by atoms with E-state index in [0.29, 0.717) is 6.04 Å². The zero-order chi connectivity index (χ0) is 13.9. The molecule has 2 nitrogen and oxygen atoms in total. The maximum atomic E-state index is 5.50. The lowest BCUT2D eigenvalue weighted by Crippen LogP contribution is -2.41. The topological polar surface area (TPSA) is 21.3 Å². The average molecular weight is 261 g/mol. The first kappa shape index (κ1) is 14.5. The fourth-order valence-corrected chi connectivity index (χ4v) is 2.58. The number of aryl methyl sites for hydroxylation is 2. The Hall–Kier alpha value is -0.860. The number of morpholine rings is 1. The van der Waals surface area contributed by atoms with Crippen molar-refractivity contribution in [1.29, 1.82) is 0 Å². The van der Waals surface area contributed by atoms with E-state index in [9.17, 15) is 0 Å². The van der Waals surface area contributed by atoms with E-state index in [-0.39, 0.29) is 5.41 Å². The van der Waals surface area contributed by atoms with E-state index >= 15 is 0 Å². The summed E-state index contributed by atoms with van der Waals surface area (Å²) in [6, 6.07) is 7.46. The highest BCUT2D eigenvalue weighted by molar-refractivity contribution is 5.34. The van der Waals surface area contributed by atoms with E-state index in [1.54, 1.807) is 0 Å². The van der Waals surface area contributed by atoms with Gasteiger partial charge in [0.2, 0.25) is 0 Å². The van der Waals surface area contributed by atoms with Crippen LogP contribution in [0.3, 0.4) is 0 Å². The SMILES string of the molecule is Cc1cc(C(C)(C)C)ccc1CCC1COCCN1. The second-order valence-electron chi connectivity index (χ2n) is 6.66. The lowest BCUT2D eigenvalue weighted by atomic mass is 9.85. The van der Waals surface area contributed by atoms with E-state index in [0.717, 1.165) is 32.6 Å². The Bertz CT molecular complexity index is 414. The van der Waals surface area contributed by atoms with Crippen molar-refractivity contribution in [2.24, 2.45) is 0 Å². The molecular formula is C17H27NO. The van der Waals surface area contributed by atoms with Crippen LogP contribution in [0, 0.1) is 6.92 Å². The summed E-state index contributed by atoms with van der Waals surface area (Å²) in [5, 5.41) is 3.52. The molecule has 0 amide bonds. The summed E-state index contributed by atoms with van der Waals surface area (Å²) in [5.74, 6) is 0. The zero-order valence-electron chi connectivity index (χ0n) is 12.8. The number of nitrogens with one attached hydrogen (secondary N) is 1. The highest BCUT2D eigenvalue weighted by Crippen LogP contribution is 2.25. The molecule has 0 bridgehead atoms. The molecule has 1 atom stereocenters. The molecular weight excluding hydrogens is 234 g/mol. The van der Waals surface area contributed by atoms with Gasteiger partial charge < -0.3 is 10.1 Å². The summed E-state index contributed by atoms with van der Waals surface area (Å²) in [7, 11) is 0. The molecule has 106 valence electrons. The van der Waals surface area contributed by atoms with Crippen molar-refractivity contribution in [2.75, 3.05) is 19.8 Å². The molecule has 1 unspecified atom stereocenters. The molecule has 1 heterocycles. The van der Waals surface area contributed by atoms with Gasteiger partial charge in [0.25, 0.3) is 0 Å². The van der Waals surface area contributed by atoms with Gasteiger partial charge in [0.05, 0.1) is 13.2 Å². The van der Waals surface area contributed by atoms with Gasteiger partial charge in [0.15, 0.2) is 0 Å². The van der Waals surface area contributed by atoms with Crippen molar-refractivity contribution < 1.29 is 4.74 Å². The Balaban J connectivity index is 1.97. The van der Waals surface area contributed by atoms with Gasteiger partial charge in [-0.2, -0.15) is 0 Å². The molecule has 1 aromatic rings. The Labute approximate surface area is 117 Å². The van der Waals surface area contributed by atoms with Gasteiger partial charge in [0.1, 0.15) is 0 Å². The van der Waals surface area contributed by atoms with Crippen LogP contribution in [-0.2, 0) is 16.6 Å². The van der Waals surface area contributed by atoms with Gasteiger partial charge in [-0.3, -0.25) is 0 Å². The quantitative estimate of drug-likeness (QED) is 0.902. The van der Waals surface area contributed by atoms with Gasteiger partial charge >= 0.3 is 0 Å². The second-order valence-corrected chi connectivity index (χ2v) is 6.66. The van der Waals surface area contributed by atoms with Gasteiger partial charge in [0, 0.05) is 12.6 Å². The van der Waals surface area contributed by atoms with E-state index in [2.05, 4.69) is 51.2 Å². The monoisotopic (exact) mass is 261 g/mol. The molecule has 2 rings (SSSR count). The molecule has 2 heteroatoms. The highest BCUT2D eigenvalue weighted by atomic mass is 16.5. The van der Waals surface area contributed by atoms with Crippen LogP contribution in [0.5, 0.6) is 0 Å². The van der Waals surface area contributed by atoms with Crippen LogP contribution in [0.15, 0.2) is 18.2 Å². The van der Waals surface area contributed by atoms with Crippen molar-refractivity contribution >= 4 is 0 Å². The number of benzene rings is 1. The summed E-state index contributed by atoms with van der Waals surface area (Å²) in [5.41, 5.74) is 4.56. The molecule has 1 fully saturated rings. The predicted octanol–water partition coefficient (Wildman–Crippen LogP) is 3.21. The lowest BCUT2D eigenvalue weighted by Gasteiger charge is -2.24. The smallest absolute Gasteiger partial charge is 0.0620 e. The summed E-state index contributed by atoms with van der Waals surface area (Å²) < 4.78 is 5.50. The summed E-state index contributed by atoms with van der Waals surface area (Å²) in [6.45, 7) is 11.7. The first-order chi connectivity index (χ1) is 8.97. The molecule has 0 aromatic heterocycles. The number of rotatable bonds is 3. The lowest BCUT2D eigenvalue weighted by molar-refractivity contribution is 0.0743. The third kappa shape index (κ3) is 4.05. The standard InChI is InChI=1S/C17H27NO/c1-13-11-15(17(2,3)4)7-5-14(13)6-8-16-12-19-10-9-18-16/h5,7,11,16,18H,6,8-10,12H2,1-4H3. The summed E-state index contributed by atoms with van der Waals surface area (Å²) >= 11 is 0. The normalized spacial score (nSPS) is 20.5. The maximum absolute atomic E-state index is 5.50. The van der Waals surface area contributed by atoms with Crippen molar-refractivity contribution in [2.45, 2.75) is 52.0 Å². The van der Waals surface area contributed by atoms with Crippen LogP contribution >= 0.6 is 0 Å². The molecule has 19 heavy (non-hydrogen) atoms. The van der Waals surface area contributed by atoms with E-state index in [4.69, 9.17) is 4.74 Å². The van der Waals surface area contributed by atoms with Crippen LogP contribution in [0.2, 0.25) is 0 Å². The Morgan fingerprint density at radius 1 is 1.32 bits per heavy atom. The molecule has 1 aliphatic rings. The Kier molecular flexibility index (Phi) is 4.64. The first-order valence-corrected chi connectivity index (χ1v) is 7.38. The van der Waals surface area contributed by atoms with Crippen LogP contribution in [0.4, 0.5) is 0 Å². The van der Waals surface area contributed by atoms with Crippen LogP contribution < -0.4 is 5.32 Å². The van der Waals surface area contributed by atoms with Crippen LogP contribution in [-0.4, -0.2) is 25.8 Å². The predicted molar refractivity (Wildman–Crippen MR) is 80.8 cm³/mol. The first-order valence-electron chi connectivity index (χ1n) is 7.38.